The Morgan fingerprint density at radius 1 is 0.750 bits per heavy atom. The first-order valence-corrected chi connectivity index (χ1v) is 8.98. The summed E-state index contributed by atoms with van der Waals surface area (Å²) < 4.78 is 0. The van der Waals surface area contributed by atoms with Gasteiger partial charge in [-0.25, -0.2) is 0 Å². The molecule has 0 unspecified atom stereocenters. The van der Waals surface area contributed by atoms with Crippen LogP contribution in [-0.2, 0) is 0 Å². The van der Waals surface area contributed by atoms with Crippen molar-refractivity contribution >= 4 is 0 Å². The van der Waals surface area contributed by atoms with E-state index in [1.54, 1.807) is 0 Å². The van der Waals surface area contributed by atoms with Gasteiger partial charge in [-0.05, 0) is 38.5 Å². The third-order valence-corrected chi connectivity index (χ3v) is 3.88. The summed E-state index contributed by atoms with van der Waals surface area (Å²) >= 11 is 0. The maximum atomic E-state index is 3.97. The van der Waals surface area contributed by atoms with Gasteiger partial charge in [0, 0.05) is 11.6 Å². The van der Waals surface area contributed by atoms with Gasteiger partial charge in [-0.2, -0.15) is 0 Å². The van der Waals surface area contributed by atoms with Gasteiger partial charge in [0.05, 0.1) is 0 Å². The van der Waals surface area contributed by atoms with E-state index >= 15 is 0 Å². The van der Waals surface area contributed by atoms with E-state index in [9.17, 15) is 0 Å². The van der Waals surface area contributed by atoms with E-state index in [0.29, 0.717) is 11.5 Å². The molecule has 0 fully saturated rings. The lowest BCUT2D eigenvalue weighted by atomic mass is 9.81. The second kappa shape index (κ2) is 9.82. The van der Waals surface area contributed by atoms with Crippen LogP contribution in [0.2, 0.25) is 0 Å². The molecule has 1 N–H and O–H groups in total. The zero-order chi connectivity index (χ0) is 15.6. The summed E-state index contributed by atoms with van der Waals surface area (Å²) in [7, 11) is 0. The van der Waals surface area contributed by atoms with Crippen molar-refractivity contribution in [3.63, 3.8) is 0 Å². The molecule has 0 radical (unpaired) electrons. The summed E-state index contributed by atoms with van der Waals surface area (Å²) in [6.45, 7) is 16.4. The lowest BCUT2D eigenvalue weighted by molar-refractivity contribution is 0.212. The summed E-state index contributed by atoms with van der Waals surface area (Å²) in [6.07, 6.45) is 12.1. The highest BCUT2D eigenvalue weighted by molar-refractivity contribution is 4.86. The maximum Gasteiger partial charge on any atom is 0.0132 e. The van der Waals surface area contributed by atoms with E-state index in [0.717, 1.165) is 0 Å². The Kier molecular flexibility index (Phi) is 9.80. The van der Waals surface area contributed by atoms with Gasteiger partial charge in [0.15, 0.2) is 0 Å². The molecule has 0 aromatic carbocycles. The van der Waals surface area contributed by atoms with Crippen molar-refractivity contribution in [3.05, 3.63) is 0 Å². The van der Waals surface area contributed by atoms with Crippen molar-refractivity contribution in [1.82, 2.24) is 5.32 Å². The molecule has 0 heterocycles. The Labute approximate surface area is 129 Å². The van der Waals surface area contributed by atoms with Crippen LogP contribution in [0.1, 0.15) is 106 Å². The molecular weight excluding hydrogens is 242 g/mol. The average Bonchev–Trinajstić information content (AvgIpc) is 2.25. The van der Waals surface area contributed by atoms with Gasteiger partial charge >= 0.3 is 0 Å². The van der Waals surface area contributed by atoms with Crippen LogP contribution in [-0.4, -0.2) is 11.6 Å². The topological polar surface area (TPSA) is 12.0 Å². The van der Waals surface area contributed by atoms with Gasteiger partial charge in [-0.3, -0.25) is 0 Å². The van der Waals surface area contributed by atoms with Crippen molar-refractivity contribution in [2.45, 2.75) is 118 Å². The Morgan fingerprint density at radius 3 is 1.55 bits per heavy atom. The minimum absolute atomic E-state index is 0.251. The van der Waals surface area contributed by atoms with Crippen molar-refractivity contribution in [2.24, 2.45) is 5.41 Å². The molecule has 0 amide bonds. The molecule has 0 saturated carbocycles. The highest BCUT2D eigenvalue weighted by Gasteiger charge is 2.27. The lowest BCUT2D eigenvalue weighted by Crippen LogP contribution is -2.48. The summed E-state index contributed by atoms with van der Waals surface area (Å²) in [5.74, 6) is 0. The van der Waals surface area contributed by atoms with Gasteiger partial charge in [0.2, 0.25) is 0 Å². The quantitative estimate of drug-likeness (QED) is 0.437. The van der Waals surface area contributed by atoms with Crippen LogP contribution in [0.25, 0.3) is 0 Å². The van der Waals surface area contributed by atoms with Crippen LogP contribution in [0.5, 0.6) is 0 Å². The first kappa shape index (κ1) is 20.0. The molecule has 1 heteroatoms. The minimum atomic E-state index is 0.251. The zero-order valence-corrected chi connectivity index (χ0v) is 15.4. The number of hydrogen-bond acceptors (Lipinski definition) is 1. The van der Waals surface area contributed by atoms with Crippen molar-refractivity contribution in [1.29, 1.82) is 0 Å². The predicted octanol–water partition coefficient (Wildman–Crippen LogP) is 6.32. The summed E-state index contributed by atoms with van der Waals surface area (Å²) in [5, 5.41) is 3.97. The molecule has 0 aromatic heterocycles. The van der Waals surface area contributed by atoms with E-state index < -0.39 is 0 Å². The molecule has 0 aliphatic heterocycles. The van der Waals surface area contributed by atoms with Gasteiger partial charge in [0.1, 0.15) is 0 Å². The van der Waals surface area contributed by atoms with Gasteiger partial charge in [-0.1, -0.05) is 73.1 Å². The molecule has 0 rings (SSSR count). The number of rotatable bonds is 11. The Bertz CT molecular complexity index is 214. The molecule has 0 aliphatic carbocycles. The van der Waals surface area contributed by atoms with Gasteiger partial charge < -0.3 is 5.32 Å². The van der Waals surface area contributed by atoms with E-state index in [2.05, 4.69) is 53.8 Å². The van der Waals surface area contributed by atoms with Crippen LogP contribution in [0.4, 0.5) is 0 Å². The number of unbranched alkanes of at least 4 members (excludes halogenated alkanes) is 4. The Balaban J connectivity index is 4.35. The monoisotopic (exact) mass is 283 g/mol. The molecule has 0 atom stereocenters. The number of nitrogens with one attached hydrogen (secondary N) is 1. The molecule has 0 aliphatic rings. The molecular formula is C19H41N. The third kappa shape index (κ3) is 11.8. The molecule has 122 valence electrons. The van der Waals surface area contributed by atoms with E-state index in [1.165, 1.54) is 57.8 Å². The van der Waals surface area contributed by atoms with Crippen LogP contribution in [0.3, 0.4) is 0 Å². The fourth-order valence-electron chi connectivity index (χ4n) is 3.50. The lowest BCUT2D eigenvalue weighted by Gasteiger charge is -2.37. The molecule has 20 heavy (non-hydrogen) atoms. The van der Waals surface area contributed by atoms with Crippen LogP contribution in [0, 0.1) is 5.41 Å². The average molecular weight is 284 g/mol. The van der Waals surface area contributed by atoms with Crippen LogP contribution >= 0.6 is 0 Å². The fourth-order valence-corrected chi connectivity index (χ4v) is 3.50. The standard InChI is InChI=1S/C19H41N/c1-8-10-12-14-17(15-13-11-9-2)20-19(6,7)16-18(3,4)5/h17,20H,8-16H2,1-7H3. The van der Waals surface area contributed by atoms with Crippen molar-refractivity contribution < 1.29 is 0 Å². The predicted molar refractivity (Wildman–Crippen MR) is 93.4 cm³/mol. The highest BCUT2D eigenvalue weighted by Crippen LogP contribution is 2.28. The van der Waals surface area contributed by atoms with E-state index in [-0.39, 0.29) is 5.54 Å². The molecule has 0 aromatic rings. The SMILES string of the molecule is CCCCCC(CCCCC)NC(C)(C)CC(C)(C)C. The third-order valence-electron chi connectivity index (χ3n) is 3.88. The molecule has 0 saturated heterocycles. The summed E-state index contributed by atoms with van der Waals surface area (Å²) in [6, 6.07) is 0.713. The van der Waals surface area contributed by atoms with Crippen molar-refractivity contribution in [2.75, 3.05) is 0 Å². The Hall–Kier alpha value is -0.0400. The zero-order valence-electron chi connectivity index (χ0n) is 15.4. The first-order chi connectivity index (χ1) is 9.20. The second-order valence-corrected chi connectivity index (χ2v) is 8.45. The van der Waals surface area contributed by atoms with Crippen molar-refractivity contribution in [3.8, 4) is 0 Å². The normalized spacial score (nSPS) is 13.2. The van der Waals surface area contributed by atoms with E-state index in [1.807, 2.05) is 0 Å². The highest BCUT2D eigenvalue weighted by atomic mass is 15.0. The van der Waals surface area contributed by atoms with E-state index in [4.69, 9.17) is 0 Å². The minimum Gasteiger partial charge on any atom is -0.309 e. The summed E-state index contributed by atoms with van der Waals surface area (Å²) in [4.78, 5) is 0. The smallest absolute Gasteiger partial charge is 0.0132 e. The Morgan fingerprint density at radius 2 is 1.20 bits per heavy atom. The molecule has 0 spiro atoms. The second-order valence-electron chi connectivity index (χ2n) is 8.45. The number of hydrogen-bond donors (Lipinski definition) is 1. The van der Waals surface area contributed by atoms with Crippen LogP contribution < -0.4 is 5.32 Å². The van der Waals surface area contributed by atoms with Gasteiger partial charge in [-0.15, -0.1) is 0 Å². The molecule has 1 nitrogen and oxygen atoms in total. The summed E-state index contributed by atoms with van der Waals surface area (Å²) in [5.41, 5.74) is 0.648. The molecule has 0 bridgehead atoms. The fraction of sp³-hybridized carbons (Fsp3) is 1.00. The van der Waals surface area contributed by atoms with Crippen LogP contribution in [0.15, 0.2) is 0 Å². The maximum absolute atomic E-state index is 3.97. The van der Waals surface area contributed by atoms with Gasteiger partial charge in [0.25, 0.3) is 0 Å². The largest absolute Gasteiger partial charge is 0.309 e. The first-order valence-electron chi connectivity index (χ1n) is 8.98.